The Hall–Kier alpha value is -5.51. The Balaban J connectivity index is 1.31. The van der Waals surface area contributed by atoms with E-state index in [2.05, 4.69) is 34.6 Å². The normalized spacial score (nSPS) is 20.8. The first-order valence-electron chi connectivity index (χ1n) is 18.1. The minimum absolute atomic E-state index is 0.132. The fourth-order valence-electron chi connectivity index (χ4n) is 7.53. The van der Waals surface area contributed by atoms with Crippen molar-refractivity contribution in [2.24, 2.45) is 0 Å². The number of nitrogens with one attached hydrogen (secondary N) is 1. The number of methoxy groups -OCH3 is 1. The summed E-state index contributed by atoms with van der Waals surface area (Å²) in [6.45, 7) is 6.36. The molecule has 2 fully saturated rings. The summed E-state index contributed by atoms with van der Waals surface area (Å²) in [6.07, 6.45) is 0.248. The Kier molecular flexibility index (Phi) is 10.6. The molecular formula is C44H46N4O5. The third kappa shape index (κ3) is 8.43. The van der Waals surface area contributed by atoms with Gasteiger partial charge in [0.05, 0.1) is 19.2 Å². The molecule has 3 heterocycles. The lowest BCUT2D eigenvalue weighted by atomic mass is 9.91. The van der Waals surface area contributed by atoms with Crippen LogP contribution in [0.3, 0.4) is 0 Å². The Morgan fingerprint density at radius 3 is 1.81 bits per heavy atom. The molecule has 4 aromatic carbocycles. The van der Waals surface area contributed by atoms with E-state index in [0.717, 1.165) is 33.7 Å². The molecule has 0 aliphatic carbocycles. The van der Waals surface area contributed by atoms with Gasteiger partial charge in [-0.15, -0.1) is 0 Å². The number of hydrogen-bond donors (Lipinski definition) is 1. The van der Waals surface area contributed by atoms with Crippen molar-refractivity contribution in [3.8, 4) is 5.75 Å². The minimum atomic E-state index is -0.880. The number of aryl methyl sites for hydroxylation is 1. The van der Waals surface area contributed by atoms with Gasteiger partial charge in [-0.3, -0.25) is 4.79 Å². The van der Waals surface area contributed by atoms with Crippen molar-refractivity contribution in [1.82, 2.24) is 14.8 Å². The van der Waals surface area contributed by atoms with Gasteiger partial charge in [0.1, 0.15) is 23.8 Å². The van der Waals surface area contributed by atoms with E-state index in [9.17, 15) is 4.79 Å². The molecule has 4 atom stereocenters. The Bertz CT molecular complexity index is 2040. The molecule has 3 amide bonds. The van der Waals surface area contributed by atoms with Crippen LogP contribution in [0.5, 0.6) is 5.75 Å². The molecule has 272 valence electrons. The molecule has 0 spiro atoms. The molecule has 2 aliphatic heterocycles. The number of nitrogens with zero attached hydrogens (tertiary/aromatic N) is 3. The maximum absolute atomic E-state index is 15.4. The second kappa shape index (κ2) is 15.6. The number of urea groups is 1. The summed E-state index contributed by atoms with van der Waals surface area (Å²) in [4.78, 5) is 37.2. The van der Waals surface area contributed by atoms with Gasteiger partial charge in [-0.25, -0.2) is 9.78 Å². The predicted molar refractivity (Wildman–Crippen MR) is 205 cm³/mol. The number of rotatable bonds is 11. The van der Waals surface area contributed by atoms with Gasteiger partial charge in [-0.1, -0.05) is 91.0 Å². The lowest BCUT2D eigenvalue weighted by Gasteiger charge is -2.37. The summed E-state index contributed by atoms with van der Waals surface area (Å²) in [5, 5.41) is 2.92. The maximum atomic E-state index is 15.4. The number of carbonyl (C=O) groups excluding carboxylic acids is 2. The summed E-state index contributed by atoms with van der Waals surface area (Å²) in [5.74, 6) is 0.0496. The van der Waals surface area contributed by atoms with Crippen molar-refractivity contribution >= 4 is 17.8 Å². The van der Waals surface area contributed by atoms with E-state index in [1.807, 2.05) is 122 Å². The second-order valence-corrected chi connectivity index (χ2v) is 14.3. The van der Waals surface area contributed by atoms with Gasteiger partial charge in [-0.05, 0) is 92.3 Å². The molecule has 1 N–H and O–H groups in total. The zero-order valence-corrected chi connectivity index (χ0v) is 30.6. The van der Waals surface area contributed by atoms with E-state index in [-0.39, 0.29) is 30.6 Å². The van der Waals surface area contributed by atoms with E-state index in [0.29, 0.717) is 30.8 Å². The molecule has 5 aromatic rings. The van der Waals surface area contributed by atoms with Crippen LogP contribution in [0.1, 0.15) is 52.2 Å². The van der Waals surface area contributed by atoms with Gasteiger partial charge in [0.15, 0.2) is 5.79 Å². The highest BCUT2D eigenvalue weighted by Crippen LogP contribution is 2.40. The number of anilines is 1. The van der Waals surface area contributed by atoms with Gasteiger partial charge < -0.3 is 29.3 Å². The number of carbonyl (C=O) groups is 2. The topological polar surface area (TPSA) is 93.2 Å². The van der Waals surface area contributed by atoms with Crippen LogP contribution in [0.25, 0.3) is 0 Å². The molecule has 2 aliphatic rings. The van der Waals surface area contributed by atoms with E-state index < -0.39 is 18.0 Å². The molecule has 2 saturated heterocycles. The average molecular weight is 711 g/mol. The summed E-state index contributed by atoms with van der Waals surface area (Å²) in [7, 11) is 1.65. The fourth-order valence-corrected chi connectivity index (χ4v) is 7.53. The number of fused-ring (bicyclic) bond motifs is 1. The van der Waals surface area contributed by atoms with Crippen LogP contribution in [0.15, 0.2) is 127 Å². The third-order valence-electron chi connectivity index (χ3n) is 9.95. The highest BCUT2D eigenvalue weighted by atomic mass is 16.8. The van der Waals surface area contributed by atoms with Crippen molar-refractivity contribution in [3.05, 3.63) is 161 Å². The average Bonchev–Trinajstić information content (AvgIpc) is 3.46. The van der Waals surface area contributed by atoms with Crippen LogP contribution in [0.4, 0.5) is 10.6 Å². The van der Waals surface area contributed by atoms with Gasteiger partial charge in [-0.2, -0.15) is 0 Å². The largest absolute Gasteiger partial charge is 0.497 e. The van der Waals surface area contributed by atoms with Gasteiger partial charge in [0, 0.05) is 24.3 Å². The van der Waals surface area contributed by atoms with E-state index in [4.69, 9.17) is 14.2 Å². The molecule has 9 nitrogen and oxygen atoms in total. The fraction of sp³-hybridized carbons (Fsp3) is 0.295. The SMILES string of the molecule is COc1cccc(CN2C(=O)N(Cc3cccc(C(=O)Nc4cccc(C)n4)c3)[C@H](Cc3ccccc3)[C@@H]3OC(C)(C)O[C@H]3[C@H]2Cc2ccccc2)c1. The molecule has 9 heteroatoms. The number of benzene rings is 4. The van der Waals surface area contributed by atoms with Crippen molar-refractivity contribution in [2.75, 3.05) is 12.4 Å². The monoisotopic (exact) mass is 710 g/mol. The first-order valence-corrected chi connectivity index (χ1v) is 18.1. The van der Waals surface area contributed by atoms with Gasteiger partial charge in [0.2, 0.25) is 0 Å². The molecule has 0 saturated carbocycles. The smallest absolute Gasteiger partial charge is 0.321 e. The van der Waals surface area contributed by atoms with E-state index in [1.165, 1.54) is 0 Å². The second-order valence-electron chi connectivity index (χ2n) is 14.3. The third-order valence-corrected chi connectivity index (χ3v) is 9.95. The number of ether oxygens (including phenoxy) is 3. The summed E-state index contributed by atoms with van der Waals surface area (Å²) >= 11 is 0. The summed E-state index contributed by atoms with van der Waals surface area (Å²) < 4.78 is 19.3. The summed E-state index contributed by atoms with van der Waals surface area (Å²) in [5.41, 5.74) is 5.23. The Morgan fingerprint density at radius 1 is 0.717 bits per heavy atom. The Morgan fingerprint density at radius 2 is 1.25 bits per heavy atom. The number of aromatic nitrogens is 1. The summed E-state index contributed by atoms with van der Waals surface area (Å²) in [6, 6.07) is 40.4. The molecule has 0 unspecified atom stereocenters. The predicted octanol–water partition coefficient (Wildman–Crippen LogP) is 7.83. The van der Waals surface area contributed by atoms with Crippen molar-refractivity contribution < 1.29 is 23.8 Å². The number of amides is 3. The molecule has 7 rings (SSSR count). The molecule has 0 bridgehead atoms. The quantitative estimate of drug-likeness (QED) is 0.150. The number of hydrogen-bond acceptors (Lipinski definition) is 6. The van der Waals surface area contributed by atoms with Crippen LogP contribution in [0.2, 0.25) is 0 Å². The zero-order chi connectivity index (χ0) is 37.0. The molecular weight excluding hydrogens is 665 g/mol. The lowest BCUT2D eigenvalue weighted by Crippen LogP contribution is -2.51. The van der Waals surface area contributed by atoms with E-state index in [1.54, 1.807) is 19.2 Å². The molecule has 0 radical (unpaired) electrons. The minimum Gasteiger partial charge on any atom is -0.497 e. The van der Waals surface area contributed by atoms with Crippen molar-refractivity contribution in [1.29, 1.82) is 0 Å². The lowest BCUT2D eigenvalue weighted by molar-refractivity contribution is -0.157. The standard InChI is InChI=1S/C44H46N4O5/c1-30-14-11-23-39(45-30)46-42(49)35-21-12-19-33(24-35)28-47-37(26-31-15-7-5-8-16-31)40-41(53-44(2,3)52-40)38(27-32-17-9-6-10-18-32)48(43(47)50)29-34-20-13-22-36(25-34)51-4/h5-25,37-38,40-41H,26-29H2,1-4H3,(H,45,46,49)/t37-,38-,40+,41+/m1/s1. The van der Waals surface area contributed by atoms with Crippen LogP contribution < -0.4 is 10.1 Å². The van der Waals surface area contributed by atoms with Crippen LogP contribution in [-0.4, -0.2) is 63.9 Å². The maximum Gasteiger partial charge on any atom is 0.321 e. The van der Waals surface area contributed by atoms with Gasteiger partial charge in [0.25, 0.3) is 5.91 Å². The molecule has 1 aromatic heterocycles. The molecule has 53 heavy (non-hydrogen) atoms. The van der Waals surface area contributed by atoms with Gasteiger partial charge >= 0.3 is 6.03 Å². The van der Waals surface area contributed by atoms with Crippen molar-refractivity contribution in [2.45, 2.75) is 76.8 Å². The van der Waals surface area contributed by atoms with Crippen LogP contribution >= 0.6 is 0 Å². The van der Waals surface area contributed by atoms with Crippen LogP contribution in [0, 0.1) is 6.92 Å². The van der Waals surface area contributed by atoms with Crippen molar-refractivity contribution in [3.63, 3.8) is 0 Å². The zero-order valence-electron chi connectivity index (χ0n) is 30.6. The van der Waals surface area contributed by atoms with E-state index >= 15 is 4.79 Å². The number of pyridine rings is 1. The van der Waals surface area contributed by atoms with Crippen LogP contribution in [-0.2, 0) is 35.4 Å². The highest BCUT2D eigenvalue weighted by Gasteiger charge is 2.55. The first-order chi connectivity index (χ1) is 25.7. The Labute approximate surface area is 311 Å². The first kappa shape index (κ1) is 35.9. The highest BCUT2D eigenvalue weighted by molar-refractivity contribution is 6.03.